The molecule has 1 saturated carbocycles. The second kappa shape index (κ2) is 9.28. The standard InChI is InChI=1S/C24H33N3O4/c1-17(22(29)25-18-9-5-3-2-4-6-10-18)27-16-15-24(14-13-21(27)28)26-23(30)19-11-7-8-12-20(19)31-24/h7-8,11-12,17-18H,2-6,9-10,13-16H2,1H3,(H,25,29)(H,26,30)/t17-,24+/m1/s1. The van der Waals surface area contributed by atoms with Gasteiger partial charge in [-0.25, -0.2) is 0 Å². The van der Waals surface area contributed by atoms with Gasteiger partial charge in [-0.05, 0) is 31.9 Å². The SMILES string of the molecule is C[C@H](C(=O)NC1CCCCCCC1)N1CC[C@@]2(CCC1=O)NC(=O)c1ccccc1O2. The van der Waals surface area contributed by atoms with Crippen LogP contribution in [-0.4, -0.2) is 47.0 Å². The molecule has 31 heavy (non-hydrogen) atoms. The summed E-state index contributed by atoms with van der Waals surface area (Å²) < 4.78 is 6.18. The number of ether oxygens (including phenoxy) is 1. The number of benzene rings is 1. The minimum absolute atomic E-state index is 0.0751. The average Bonchev–Trinajstić information content (AvgIpc) is 2.88. The minimum atomic E-state index is -0.911. The van der Waals surface area contributed by atoms with Crippen molar-refractivity contribution >= 4 is 17.7 Å². The van der Waals surface area contributed by atoms with Crippen LogP contribution in [0, 0.1) is 0 Å². The molecule has 7 nitrogen and oxygen atoms in total. The van der Waals surface area contributed by atoms with E-state index in [2.05, 4.69) is 10.6 Å². The Hall–Kier alpha value is -2.57. The van der Waals surface area contributed by atoms with Gasteiger partial charge >= 0.3 is 0 Å². The molecule has 4 rings (SSSR count). The van der Waals surface area contributed by atoms with Gasteiger partial charge in [-0.2, -0.15) is 0 Å². The summed E-state index contributed by atoms with van der Waals surface area (Å²) in [5.74, 6) is 0.197. The zero-order valence-electron chi connectivity index (χ0n) is 18.3. The number of carbonyl (C=O) groups excluding carboxylic acids is 3. The Balaban J connectivity index is 1.41. The Morgan fingerprint density at radius 1 is 1.13 bits per heavy atom. The number of rotatable bonds is 3. The average molecular weight is 428 g/mol. The van der Waals surface area contributed by atoms with E-state index in [1.54, 1.807) is 30.0 Å². The molecule has 168 valence electrons. The lowest BCUT2D eigenvalue weighted by Crippen LogP contribution is -2.56. The third kappa shape index (κ3) is 4.86. The summed E-state index contributed by atoms with van der Waals surface area (Å²) in [6, 6.07) is 6.80. The summed E-state index contributed by atoms with van der Waals surface area (Å²) in [6.45, 7) is 2.16. The van der Waals surface area contributed by atoms with Crippen LogP contribution in [0.25, 0.3) is 0 Å². The first-order chi connectivity index (χ1) is 15.0. The van der Waals surface area contributed by atoms with Gasteiger partial charge < -0.3 is 20.3 Å². The van der Waals surface area contributed by atoms with Crippen LogP contribution in [0.3, 0.4) is 0 Å². The summed E-state index contributed by atoms with van der Waals surface area (Å²) in [4.78, 5) is 40.1. The molecule has 2 heterocycles. The molecule has 2 atom stereocenters. The zero-order chi connectivity index (χ0) is 21.8. The van der Waals surface area contributed by atoms with Gasteiger partial charge in [0.15, 0.2) is 5.72 Å². The molecule has 0 radical (unpaired) electrons. The highest BCUT2D eigenvalue weighted by molar-refractivity contribution is 5.98. The monoisotopic (exact) mass is 427 g/mol. The van der Waals surface area contributed by atoms with Gasteiger partial charge in [0.2, 0.25) is 11.8 Å². The summed E-state index contributed by atoms with van der Waals surface area (Å²) >= 11 is 0. The molecule has 3 amide bonds. The maximum atomic E-state index is 12.9. The summed E-state index contributed by atoms with van der Waals surface area (Å²) in [6.07, 6.45) is 9.09. The molecule has 3 aliphatic rings. The Bertz CT molecular complexity index is 834. The molecule has 1 aliphatic carbocycles. The molecule has 2 N–H and O–H groups in total. The zero-order valence-corrected chi connectivity index (χ0v) is 18.3. The number of amides is 3. The van der Waals surface area contributed by atoms with Gasteiger partial charge in [0.25, 0.3) is 5.91 Å². The van der Waals surface area contributed by atoms with Crippen molar-refractivity contribution in [3.63, 3.8) is 0 Å². The fraction of sp³-hybridized carbons (Fsp3) is 0.625. The van der Waals surface area contributed by atoms with Crippen LogP contribution in [-0.2, 0) is 9.59 Å². The van der Waals surface area contributed by atoms with Gasteiger partial charge in [0.1, 0.15) is 11.8 Å². The van der Waals surface area contributed by atoms with Gasteiger partial charge in [0.05, 0.1) is 5.56 Å². The van der Waals surface area contributed by atoms with Gasteiger partial charge in [-0.15, -0.1) is 0 Å². The maximum absolute atomic E-state index is 12.9. The van der Waals surface area contributed by atoms with Crippen LogP contribution < -0.4 is 15.4 Å². The number of nitrogens with one attached hydrogen (secondary N) is 2. The summed E-state index contributed by atoms with van der Waals surface area (Å²) in [5.41, 5.74) is -0.404. The highest BCUT2D eigenvalue weighted by Gasteiger charge is 2.43. The summed E-state index contributed by atoms with van der Waals surface area (Å²) in [7, 11) is 0. The number of likely N-dealkylation sites (tertiary alicyclic amines) is 1. The van der Waals surface area contributed by atoms with Crippen LogP contribution in [0.4, 0.5) is 0 Å². The Morgan fingerprint density at radius 3 is 2.61 bits per heavy atom. The Morgan fingerprint density at radius 2 is 1.84 bits per heavy atom. The predicted octanol–water partition coefficient (Wildman–Crippen LogP) is 3.14. The number of nitrogens with zero attached hydrogens (tertiary/aromatic N) is 1. The van der Waals surface area contributed by atoms with Gasteiger partial charge in [-0.1, -0.05) is 44.2 Å². The van der Waals surface area contributed by atoms with Crippen molar-refractivity contribution in [3.05, 3.63) is 29.8 Å². The lowest BCUT2D eigenvalue weighted by Gasteiger charge is -2.38. The smallest absolute Gasteiger partial charge is 0.258 e. The quantitative estimate of drug-likeness (QED) is 0.776. The van der Waals surface area contributed by atoms with Gasteiger partial charge in [0, 0.05) is 31.8 Å². The second-order valence-corrected chi connectivity index (χ2v) is 9.11. The van der Waals surface area contributed by atoms with Crippen molar-refractivity contribution in [1.82, 2.24) is 15.5 Å². The first-order valence-corrected chi connectivity index (χ1v) is 11.7. The maximum Gasteiger partial charge on any atom is 0.258 e. The van der Waals surface area contributed by atoms with Crippen LogP contribution in [0.15, 0.2) is 24.3 Å². The Labute approximate surface area is 183 Å². The van der Waals surface area contributed by atoms with Crippen molar-refractivity contribution in [2.45, 2.75) is 88.9 Å². The van der Waals surface area contributed by atoms with E-state index < -0.39 is 11.8 Å². The number of carbonyl (C=O) groups is 3. The first kappa shape index (κ1) is 21.7. The number of para-hydroxylation sites is 1. The number of fused-ring (bicyclic) bond motifs is 1. The van der Waals surface area contributed by atoms with Crippen LogP contribution >= 0.6 is 0 Å². The van der Waals surface area contributed by atoms with Crippen molar-refractivity contribution in [3.8, 4) is 5.75 Å². The molecule has 1 aromatic rings. The highest BCUT2D eigenvalue weighted by Crippen LogP contribution is 2.34. The molecule has 7 heteroatoms. The minimum Gasteiger partial charge on any atom is -0.467 e. The molecular formula is C24H33N3O4. The Kier molecular flexibility index (Phi) is 6.49. The molecule has 0 unspecified atom stereocenters. The molecule has 1 spiro atoms. The molecule has 2 aliphatic heterocycles. The van der Waals surface area contributed by atoms with Crippen LogP contribution in [0.1, 0.15) is 81.5 Å². The predicted molar refractivity (Wildman–Crippen MR) is 117 cm³/mol. The van der Waals surface area contributed by atoms with E-state index in [0.29, 0.717) is 30.7 Å². The van der Waals surface area contributed by atoms with E-state index in [9.17, 15) is 14.4 Å². The third-order valence-electron chi connectivity index (χ3n) is 6.90. The first-order valence-electron chi connectivity index (χ1n) is 11.7. The van der Waals surface area contributed by atoms with Crippen molar-refractivity contribution in [1.29, 1.82) is 0 Å². The molecule has 2 fully saturated rings. The fourth-order valence-electron chi connectivity index (χ4n) is 4.96. The van der Waals surface area contributed by atoms with E-state index in [0.717, 1.165) is 25.7 Å². The van der Waals surface area contributed by atoms with Crippen LogP contribution in [0.5, 0.6) is 5.75 Å². The molecule has 0 bridgehead atoms. The number of hydrogen-bond donors (Lipinski definition) is 2. The van der Waals surface area contributed by atoms with E-state index in [-0.39, 0.29) is 30.2 Å². The lowest BCUT2D eigenvalue weighted by molar-refractivity contribution is -0.139. The lowest BCUT2D eigenvalue weighted by atomic mass is 9.96. The van der Waals surface area contributed by atoms with E-state index >= 15 is 0 Å². The topological polar surface area (TPSA) is 87.7 Å². The summed E-state index contributed by atoms with van der Waals surface area (Å²) in [5, 5.41) is 6.16. The van der Waals surface area contributed by atoms with Crippen molar-refractivity contribution in [2.75, 3.05) is 6.54 Å². The van der Waals surface area contributed by atoms with Crippen molar-refractivity contribution < 1.29 is 19.1 Å². The van der Waals surface area contributed by atoms with E-state index in [4.69, 9.17) is 4.74 Å². The van der Waals surface area contributed by atoms with E-state index in [1.165, 1.54) is 19.3 Å². The molecule has 0 aromatic heterocycles. The highest BCUT2D eigenvalue weighted by atomic mass is 16.5. The van der Waals surface area contributed by atoms with Crippen LogP contribution in [0.2, 0.25) is 0 Å². The third-order valence-corrected chi connectivity index (χ3v) is 6.90. The van der Waals surface area contributed by atoms with Gasteiger partial charge in [-0.3, -0.25) is 14.4 Å². The largest absolute Gasteiger partial charge is 0.467 e. The molecule has 1 aromatic carbocycles. The molecular weight excluding hydrogens is 394 g/mol. The normalized spacial score (nSPS) is 26.0. The number of hydrogen-bond acceptors (Lipinski definition) is 4. The molecule has 1 saturated heterocycles. The fourth-order valence-corrected chi connectivity index (χ4v) is 4.96. The van der Waals surface area contributed by atoms with E-state index in [1.807, 2.05) is 6.07 Å². The second-order valence-electron chi connectivity index (χ2n) is 9.11. The van der Waals surface area contributed by atoms with Crippen molar-refractivity contribution in [2.24, 2.45) is 0 Å².